The number of hydrogen-bond acceptors (Lipinski definition) is 1. The molecule has 0 N–H and O–H groups in total. The molecule has 1 aliphatic rings. The molecule has 1 aliphatic carbocycles. The Bertz CT molecular complexity index is 234. The molecule has 0 saturated carbocycles. The Balaban J connectivity index is 2.51. The predicted octanol–water partition coefficient (Wildman–Crippen LogP) is 3.27. The first-order valence-corrected chi connectivity index (χ1v) is 5.11. The highest BCUT2D eigenvalue weighted by Crippen LogP contribution is 2.18. The Labute approximate surface area is 80.5 Å². The van der Waals surface area contributed by atoms with Crippen molar-refractivity contribution >= 4 is 5.78 Å². The van der Waals surface area contributed by atoms with Gasteiger partial charge in [-0.15, -0.1) is 0 Å². The van der Waals surface area contributed by atoms with E-state index in [4.69, 9.17) is 0 Å². The van der Waals surface area contributed by atoms with Gasteiger partial charge in [-0.2, -0.15) is 0 Å². The van der Waals surface area contributed by atoms with Crippen molar-refractivity contribution in [1.29, 1.82) is 0 Å². The molecule has 72 valence electrons. The van der Waals surface area contributed by atoms with Crippen LogP contribution in [0.15, 0.2) is 23.8 Å². The Morgan fingerprint density at radius 3 is 2.77 bits per heavy atom. The maximum atomic E-state index is 11.5. The van der Waals surface area contributed by atoms with Gasteiger partial charge < -0.3 is 0 Å². The summed E-state index contributed by atoms with van der Waals surface area (Å²) in [5.74, 6) is 0.682. The van der Waals surface area contributed by atoms with Crippen molar-refractivity contribution < 1.29 is 4.79 Å². The Morgan fingerprint density at radius 2 is 2.23 bits per heavy atom. The zero-order valence-electron chi connectivity index (χ0n) is 8.55. The van der Waals surface area contributed by atoms with Crippen molar-refractivity contribution in [3.63, 3.8) is 0 Å². The standard InChI is InChI=1S/C12H18O/c1-10(2)8-9-12(13)11-6-4-3-5-7-11/h6,8-10H,3-5,7H2,1-2H3/b9-8+. The number of hydrogen-bond donors (Lipinski definition) is 0. The van der Waals surface area contributed by atoms with Gasteiger partial charge >= 0.3 is 0 Å². The summed E-state index contributed by atoms with van der Waals surface area (Å²) in [5, 5.41) is 0. The van der Waals surface area contributed by atoms with Crippen LogP contribution in [-0.2, 0) is 4.79 Å². The molecule has 0 aromatic heterocycles. The molecular weight excluding hydrogens is 160 g/mol. The van der Waals surface area contributed by atoms with E-state index in [0.29, 0.717) is 5.92 Å². The maximum absolute atomic E-state index is 11.5. The topological polar surface area (TPSA) is 17.1 Å². The SMILES string of the molecule is CC(C)/C=C/C(=O)C1=CCCCC1. The lowest BCUT2D eigenvalue weighted by atomic mass is 9.96. The van der Waals surface area contributed by atoms with Gasteiger partial charge in [0, 0.05) is 0 Å². The van der Waals surface area contributed by atoms with E-state index in [1.165, 1.54) is 12.8 Å². The first-order valence-electron chi connectivity index (χ1n) is 5.11. The first kappa shape index (κ1) is 10.2. The molecule has 0 unspecified atom stereocenters. The molecule has 0 saturated heterocycles. The minimum Gasteiger partial charge on any atom is -0.290 e. The Kier molecular flexibility index (Phi) is 3.94. The van der Waals surface area contributed by atoms with Gasteiger partial charge in [-0.25, -0.2) is 0 Å². The Hall–Kier alpha value is -0.850. The summed E-state index contributed by atoms with van der Waals surface area (Å²) in [5.41, 5.74) is 1.02. The van der Waals surface area contributed by atoms with Gasteiger partial charge in [0.05, 0.1) is 0 Å². The smallest absolute Gasteiger partial charge is 0.181 e. The van der Waals surface area contributed by atoms with Crippen LogP contribution in [0.1, 0.15) is 39.5 Å². The molecule has 0 aliphatic heterocycles. The highest BCUT2D eigenvalue weighted by Gasteiger charge is 2.08. The summed E-state index contributed by atoms with van der Waals surface area (Å²) in [6.45, 7) is 4.16. The minimum absolute atomic E-state index is 0.216. The molecule has 0 bridgehead atoms. The van der Waals surface area contributed by atoms with E-state index >= 15 is 0 Å². The van der Waals surface area contributed by atoms with E-state index in [0.717, 1.165) is 18.4 Å². The van der Waals surface area contributed by atoms with E-state index in [-0.39, 0.29) is 5.78 Å². The van der Waals surface area contributed by atoms with Gasteiger partial charge in [0.1, 0.15) is 0 Å². The molecular formula is C12H18O. The van der Waals surface area contributed by atoms with Gasteiger partial charge in [0.25, 0.3) is 0 Å². The zero-order chi connectivity index (χ0) is 9.68. The lowest BCUT2D eigenvalue weighted by molar-refractivity contribution is -0.111. The highest BCUT2D eigenvalue weighted by molar-refractivity contribution is 6.03. The molecule has 0 fully saturated rings. The van der Waals surface area contributed by atoms with Gasteiger partial charge in [0.15, 0.2) is 5.78 Å². The number of ketones is 1. The van der Waals surface area contributed by atoms with Gasteiger partial charge in [-0.05, 0) is 43.3 Å². The van der Waals surface area contributed by atoms with E-state index in [1.807, 2.05) is 6.08 Å². The summed E-state index contributed by atoms with van der Waals surface area (Å²) in [4.78, 5) is 11.5. The van der Waals surface area contributed by atoms with E-state index in [2.05, 4.69) is 19.9 Å². The second-order valence-corrected chi connectivity index (χ2v) is 3.94. The number of allylic oxidation sites excluding steroid dienone is 4. The highest BCUT2D eigenvalue weighted by atomic mass is 16.1. The fourth-order valence-corrected chi connectivity index (χ4v) is 1.45. The van der Waals surface area contributed by atoms with Crippen LogP contribution in [0.2, 0.25) is 0 Å². The largest absolute Gasteiger partial charge is 0.290 e. The van der Waals surface area contributed by atoms with Gasteiger partial charge in [-0.3, -0.25) is 4.79 Å². The quantitative estimate of drug-likeness (QED) is 0.606. The molecule has 1 heteroatoms. The predicted molar refractivity (Wildman–Crippen MR) is 55.5 cm³/mol. The second kappa shape index (κ2) is 5.00. The molecule has 0 radical (unpaired) electrons. The third kappa shape index (κ3) is 3.58. The summed E-state index contributed by atoms with van der Waals surface area (Å²) < 4.78 is 0. The molecule has 0 spiro atoms. The average molecular weight is 178 g/mol. The molecule has 0 heterocycles. The van der Waals surface area contributed by atoms with Crippen LogP contribution in [0.3, 0.4) is 0 Å². The number of carbonyl (C=O) groups is 1. The zero-order valence-corrected chi connectivity index (χ0v) is 8.55. The van der Waals surface area contributed by atoms with Crippen molar-refractivity contribution in [3.05, 3.63) is 23.8 Å². The molecule has 0 amide bonds. The van der Waals surface area contributed by atoms with Crippen LogP contribution in [0.5, 0.6) is 0 Å². The third-order valence-corrected chi connectivity index (χ3v) is 2.24. The molecule has 0 aromatic carbocycles. The van der Waals surface area contributed by atoms with E-state index < -0.39 is 0 Å². The van der Waals surface area contributed by atoms with Crippen LogP contribution in [-0.4, -0.2) is 5.78 Å². The van der Waals surface area contributed by atoms with Crippen LogP contribution >= 0.6 is 0 Å². The lowest BCUT2D eigenvalue weighted by Crippen LogP contribution is -2.02. The monoisotopic (exact) mass is 178 g/mol. The normalized spacial score (nSPS) is 17.9. The van der Waals surface area contributed by atoms with Crippen LogP contribution < -0.4 is 0 Å². The van der Waals surface area contributed by atoms with Crippen molar-refractivity contribution in [2.75, 3.05) is 0 Å². The fourth-order valence-electron chi connectivity index (χ4n) is 1.45. The Morgan fingerprint density at radius 1 is 1.46 bits per heavy atom. The van der Waals surface area contributed by atoms with Crippen molar-refractivity contribution in [2.45, 2.75) is 39.5 Å². The van der Waals surface area contributed by atoms with Crippen molar-refractivity contribution in [1.82, 2.24) is 0 Å². The first-order chi connectivity index (χ1) is 6.20. The van der Waals surface area contributed by atoms with E-state index in [1.54, 1.807) is 6.08 Å². The summed E-state index contributed by atoms with van der Waals surface area (Å²) in [6, 6.07) is 0. The van der Waals surface area contributed by atoms with Crippen LogP contribution in [0.4, 0.5) is 0 Å². The van der Waals surface area contributed by atoms with Crippen LogP contribution in [0, 0.1) is 5.92 Å². The lowest BCUT2D eigenvalue weighted by Gasteiger charge is -2.09. The summed E-state index contributed by atoms with van der Waals surface area (Å²) in [6.07, 6.45) is 10.3. The average Bonchev–Trinajstić information content (AvgIpc) is 2.15. The number of rotatable bonds is 3. The summed E-state index contributed by atoms with van der Waals surface area (Å²) >= 11 is 0. The molecule has 13 heavy (non-hydrogen) atoms. The van der Waals surface area contributed by atoms with Gasteiger partial charge in [0.2, 0.25) is 0 Å². The fraction of sp³-hybridized carbons (Fsp3) is 0.583. The molecule has 1 nitrogen and oxygen atoms in total. The minimum atomic E-state index is 0.216. The van der Waals surface area contributed by atoms with E-state index in [9.17, 15) is 4.79 Å². The van der Waals surface area contributed by atoms with Crippen LogP contribution in [0.25, 0.3) is 0 Å². The molecule has 1 rings (SSSR count). The molecule has 0 aromatic rings. The van der Waals surface area contributed by atoms with Crippen molar-refractivity contribution in [3.8, 4) is 0 Å². The second-order valence-electron chi connectivity index (χ2n) is 3.94. The molecule has 0 atom stereocenters. The van der Waals surface area contributed by atoms with Crippen molar-refractivity contribution in [2.24, 2.45) is 5.92 Å². The summed E-state index contributed by atoms with van der Waals surface area (Å²) in [7, 11) is 0. The maximum Gasteiger partial charge on any atom is 0.181 e. The third-order valence-electron chi connectivity index (χ3n) is 2.24. The number of carbonyl (C=O) groups excluding carboxylic acids is 1. The van der Waals surface area contributed by atoms with Gasteiger partial charge in [-0.1, -0.05) is 26.0 Å².